The van der Waals surface area contributed by atoms with E-state index in [1.165, 1.54) is 28.7 Å². The molecule has 0 saturated heterocycles. The van der Waals surface area contributed by atoms with Crippen molar-refractivity contribution in [3.63, 3.8) is 0 Å². The second kappa shape index (κ2) is 11.4. The molecule has 0 unspecified atom stereocenters. The summed E-state index contributed by atoms with van der Waals surface area (Å²) < 4.78 is 19.5. The highest BCUT2D eigenvalue weighted by Crippen LogP contribution is 2.35. The molecule has 10 heteroatoms. The van der Waals surface area contributed by atoms with Gasteiger partial charge in [-0.25, -0.2) is 9.79 Å². The molecule has 0 bridgehead atoms. The summed E-state index contributed by atoms with van der Waals surface area (Å²) in [6, 6.07) is 16.7. The van der Waals surface area contributed by atoms with Crippen LogP contribution < -0.4 is 19.6 Å². The number of nitrogens with zero attached hydrogens (tertiary/aromatic N) is 2. The Morgan fingerprint density at radius 1 is 1.18 bits per heavy atom. The summed E-state index contributed by atoms with van der Waals surface area (Å²) in [7, 11) is 1.58. The fourth-order valence-electron chi connectivity index (χ4n) is 4.28. The number of rotatable bonds is 7. The van der Waals surface area contributed by atoms with Crippen LogP contribution in [0, 0.1) is 6.92 Å². The quantitative estimate of drug-likeness (QED) is 0.248. The van der Waals surface area contributed by atoms with Gasteiger partial charge >= 0.3 is 5.97 Å². The van der Waals surface area contributed by atoms with Crippen molar-refractivity contribution >= 4 is 51.1 Å². The van der Waals surface area contributed by atoms with Gasteiger partial charge in [-0.2, -0.15) is 0 Å². The van der Waals surface area contributed by atoms with Crippen molar-refractivity contribution in [1.29, 1.82) is 0 Å². The standard InChI is InChI=1S/C29H25BrN2O5S2/c1-5-36-28(34)25-17(3)31-29-32(26(25)18-8-12-22(35-4)21(30)14-18)27(33)23(39-29)15-19-9-13-24(37-19)38-20-10-6-16(2)7-11-20/h6-15,26H,5H2,1-4H3/b23-15+/t26-/m0/s1. The predicted molar refractivity (Wildman–Crippen MR) is 155 cm³/mol. The van der Waals surface area contributed by atoms with E-state index < -0.39 is 12.0 Å². The highest BCUT2D eigenvalue weighted by atomic mass is 79.9. The molecule has 0 N–H and O–H groups in total. The molecule has 1 aliphatic heterocycles. The van der Waals surface area contributed by atoms with Gasteiger partial charge in [-0.1, -0.05) is 46.9 Å². The van der Waals surface area contributed by atoms with Gasteiger partial charge in [0.15, 0.2) is 9.89 Å². The molecule has 1 aliphatic rings. The van der Waals surface area contributed by atoms with Crippen molar-refractivity contribution in [3.05, 3.63) is 107 Å². The Labute approximate surface area is 241 Å². The number of thiazole rings is 1. The number of aryl methyl sites for hydroxylation is 1. The number of aromatic nitrogens is 1. The molecule has 0 radical (unpaired) electrons. The maximum Gasteiger partial charge on any atom is 0.338 e. The van der Waals surface area contributed by atoms with Crippen LogP contribution in [-0.2, 0) is 9.53 Å². The summed E-state index contributed by atoms with van der Waals surface area (Å²) >= 11 is 6.29. The zero-order valence-corrected chi connectivity index (χ0v) is 24.9. The molecule has 2 aromatic carbocycles. The molecule has 7 nitrogen and oxygen atoms in total. The van der Waals surface area contributed by atoms with Gasteiger partial charge in [0.25, 0.3) is 5.56 Å². The molecule has 0 aliphatic carbocycles. The fraction of sp³-hybridized carbons (Fsp3) is 0.207. The molecule has 4 aromatic rings. The third-order valence-electron chi connectivity index (χ3n) is 6.12. The fourth-order valence-corrected chi connectivity index (χ4v) is 6.64. The van der Waals surface area contributed by atoms with Crippen molar-refractivity contribution in [2.75, 3.05) is 13.7 Å². The summed E-state index contributed by atoms with van der Waals surface area (Å²) in [5, 5.41) is 0.722. The monoisotopic (exact) mass is 624 g/mol. The number of hydrogen-bond acceptors (Lipinski definition) is 8. The van der Waals surface area contributed by atoms with Crippen LogP contribution in [-0.4, -0.2) is 24.3 Å². The topological polar surface area (TPSA) is 83.0 Å². The summed E-state index contributed by atoms with van der Waals surface area (Å²) in [4.78, 5) is 33.1. The van der Waals surface area contributed by atoms with E-state index >= 15 is 0 Å². The number of fused-ring (bicyclic) bond motifs is 1. The third kappa shape index (κ3) is 5.54. The number of esters is 1. The lowest BCUT2D eigenvalue weighted by molar-refractivity contribution is -0.139. The number of carbonyl (C=O) groups is 1. The van der Waals surface area contributed by atoms with E-state index in [1.807, 2.05) is 43.3 Å². The lowest BCUT2D eigenvalue weighted by atomic mass is 9.96. The number of carbonyl (C=O) groups excluding carboxylic acids is 1. The zero-order valence-electron chi connectivity index (χ0n) is 21.7. The Kier molecular flexibility index (Phi) is 7.97. The SMILES string of the molecule is CCOC(=O)C1=C(C)N=c2s/c(=C/c3ccc(Sc4ccc(C)cc4)o3)c(=O)n2[C@H]1c1ccc(OC)c(Br)c1. The average Bonchev–Trinajstić information content (AvgIpc) is 3.48. The van der Waals surface area contributed by atoms with Crippen LogP contribution in [0.2, 0.25) is 0 Å². The first-order valence-corrected chi connectivity index (χ1v) is 14.6. The minimum Gasteiger partial charge on any atom is -0.496 e. The highest BCUT2D eigenvalue weighted by molar-refractivity contribution is 9.10. The molecule has 0 saturated carbocycles. The van der Waals surface area contributed by atoms with Crippen LogP contribution in [0.3, 0.4) is 0 Å². The maximum atomic E-state index is 13.8. The van der Waals surface area contributed by atoms with Gasteiger partial charge in [-0.3, -0.25) is 9.36 Å². The predicted octanol–water partition coefficient (Wildman–Crippen LogP) is 5.62. The van der Waals surface area contributed by atoms with E-state index in [2.05, 4.69) is 33.1 Å². The van der Waals surface area contributed by atoms with Crippen LogP contribution in [0.4, 0.5) is 0 Å². The number of hydrogen-bond donors (Lipinski definition) is 0. The first kappa shape index (κ1) is 27.2. The highest BCUT2D eigenvalue weighted by Gasteiger charge is 2.33. The Balaban J connectivity index is 1.58. The lowest BCUT2D eigenvalue weighted by Gasteiger charge is -2.25. The second-order valence-corrected chi connectivity index (χ2v) is 11.7. The Hall–Kier alpha value is -3.34. The van der Waals surface area contributed by atoms with Crippen LogP contribution in [0.1, 0.15) is 36.8 Å². The van der Waals surface area contributed by atoms with E-state index in [0.717, 1.165) is 15.6 Å². The number of halogens is 1. The zero-order chi connectivity index (χ0) is 27.7. The third-order valence-corrected chi connectivity index (χ3v) is 8.65. The van der Waals surface area contributed by atoms with E-state index in [1.54, 1.807) is 37.7 Å². The number of methoxy groups -OCH3 is 1. The van der Waals surface area contributed by atoms with Gasteiger partial charge in [0, 0.05) is 11.0 Å². The van der Waals surface area contributed by atoms with Crippen molar-refractivity contribution in [2.24, 2.45) is 4.99 Å². The van der Waals surface area contributed by atoms with E-state index in [-0.39, 0.29) is 12.2 Å². The summed E-state index contributed by atoms with van der Waals surface area (Å²) in [6.07, 6.45) is 1.72. The number of benzene rings is 2. The molecule has 0 fully saturated rings. The van der Waals surface area contributed by atoms with Crippen molar-refractivity contribution in [2.45, 2.75) is 36.8 Å². The Morgan fingerprint density at radius 2 is 1.95 bits per heavy atom. The Morgan fingerprint density at radius 3 is 2.64 bits per heavy atom. The van der Waals surface area contributed by atoms with Crippen molar-refractivity contribution < 1.29 is 18.7 Å². The van der Waals surface area contributed by atoms with Crippen LogP contribution in [0.25, 0.3) is 6.08 Å². The first-order chi connectivity index (χ1) is 18.8. The molecule has 39 heavy (non-hydrogen) atoms. The summed E-state index contributed by atoms with van der Waals surface area (Å²) in [5.41, 5.74) is 2.48. The van der Waals surface area contributed by atoms with Gasteiger partial charge in [0.05, 0.1) is 40.0 Å². The largest absolute Gasteiger partial charge is 0.496 e. The molecular formula is C29H25BrN2O5S2. The number of ether oxygens (including phenoxy) is 2. The smallest absolute Gasteiger partial charge is 0.338 e. The van der Waals surface area contributed by atoms with Crippen LogP contribution >= 0.6 is 39.0 Å². The molecule has 3 heterocycles. The lowest BCUT2D eigenvalue weighted by Crippen LogP contribution is -2.39. The van der Waals surface area contributed by atoms with Gasteiger partial charge < -0.3 is 13.9 Å². The minimum atomic E-state index is -0.714. The molecule has 0 amide bonds. The minimum absolute atomic E-state index is 0.209. The normalized spacial score (nSPS) is 15.2. The molecule has 200 valence electrons. The second-order valence-electron chi connectivity index (χ2n) is 8.77. The molecule has 5 rings (SSSR count). The molecule has 1 atom stereocenters. The van der Waals surface area contributed by atoms with E-state index in [9.17, 15) is 9.59 Å². The van der Waals surface area contributed by atoms with E-state index in [0.29, 0.717) is 36.6 Å². The van der Waals surface area contributed by atoms with Crippen LogP contribution in [0.15, 0.2) is 94.5 Å². The molecule has 2 aromatic heterocycles. The van der Waals surface area contributed by atoms with Gasteiger partial charge in [-0.15, -0.1) is 0 Å². The average molecular weight is 626 g/mol. The van der Waals surface area contributed by atoms with Gasteiger partial charge in [-0.05, 0) is 78.7 Å². The van der Waals surface area contributed by atoms with E-state index in [4.69, 9.17) is 13.9 Å². The molecular weight excluding hydrogens is 600 g/mol. The Bertz CT molecular complexity index is 1770. The summed E-state index contributed by atoms with van der Waals surface area (Å²) in [6.45, 7) is 5.76. The number of furan rings is 1. The van der Waals surface area contributed by atoms with Crippen molar-refractivity contribution in [1.82, 2.24) is 4.57 Å². The maximum absolute atomic E-state index is 13.8. The van der Waals surface area contributed by atoms with Gasteiger partial charge in [0.2, 0.25) is 0 Å². The first-order valence-electron chi connectivity index (χ1n) is 12.2. The summed E-state index contributed by atoms with van der Waals surface area (Å²) in [5.74, 6) is 0.690. The van der Waals surface area contributed by atoms with Crippen molar-refractivity contribution in [3.8, 4) is 5.75 Å². The molecule has 0 spiro atoms. The van der Waals surface area contributed by atoms with Gasteiger partial charge in [0.1, 0.15) is 11.5 Å². The van der Waals surface area contributed by atoms with Crippen LogP contribution in [0.5, 0.6) is 5.75 Å². The number of allylic oxidation sites excluding steroid dienone is 1.